The Balaban J connectivity index is 3.18. The highest BCUT2D eigenvalue weighted by molar-refractivity contribution is 6.14. The van der Waals surface area contributed by atoms with Crippen LogP contribution in [0.5, 0.6) is 0 Å². The molecule has 2 unspecified atom stereocenters. The predicted octanol–water partition coefficient (Wildman–Crippen LogP) is -0.596. The molecule has 0 aromatic heterocycles. The molecule has 6 N–H and O–H groups in total. The lowest BCUT2D eigenvalue weighted by Gasteiger charge is -2.24. The molecule has 0 spiro atoms. The van der Waals surface area contributed by atoms with Crippen molar-refractivity contribution in [2.24, 2.45) is 5.73 Å². The van der Waals surface area contributed by atoms with E-state index < -0.39 is 34.9 Å². The molecule has 5 nitrogen and oxygen atoms in total. The molecule has 0 radical (unpaired) electrons. The predicted molar refractivity (Wildman–Crippen MR) is 44.8 cm³/mol. The first kappa shape index (κ1) is 8.80. The van der Waals surface area contributed by atoms with E-state index in [-0.39, 0.29) is 0 Å². The first-order chi connectivity index (χ1) is 5.46. The molecule has 0 amide bonds. The van der Waals surface area contributed by atoms with Crippen LogP contribution >= 0.6 is 0 Å². The Morgan fingerprint density at radius 1 is 1.00 bits per heavy atom. The van der Waals surface area contributed by atoms with Gasteiger partial charge in [-0.05, 0) is 0 Å². The second-order valence-electron chi connectivity index (χ2n) is 2.78. The van der Waals surface area contributed by atoms with Crippen molar-refractivity contribution in [3.05, 3.63) is 23.0 Å². The topological polar surface area (TPSA) is 107 Å². The van der Waals surface area contributed by atoms with Gasteiger partial charge in [-0.2, -0.15) is 0 Å². The largest absolute Gasteiger partial charge is 0.509 e. The second kappa shape index (κ2) is 2.64. The summed E-state index contributed by atoms with van der Waals surface area (Å²) >= 11 is 0. The summed E-state index contributed by atoms with van der Waals surface area (Å²) in [5.41, 5.74) is 5.39. The van der Waals surface area contributed by atoms with Crippen molar-refractivity contribution in [2.75, 3.05) is 0 Å². The average Bonchev–Trinajstić information content (AvgIpc) is 2.08. The fourth-order valence-electron chi connectivity index (χ4n) is 1.02. The fraction of sp³-hybridized carbons (Fsp3) is 0.333. The molecule has 0 aromatic carbocycles. The fourth-order valence-corrected chi connectivity index (χ4v) is 1.02. The third-order valence-corrected chi connectivity index (χ3v) is 2.00. The monoisotopic (exact) mass is 171 g/mol. The van der Waals surface area contributed by atoms with Crippen molar-refractivity contribution in [1.29, 1.82) is 0 Å². The highest BCUT2D eigenvalue weighted by Crippen LogP contribution is 2.30. The van der Waals surface area contributed by atoms with Crippen LogP contribution in [-0.4, -0.2) is 34.3 Å². The van der Waals surface area contributed by atoms with Crippen LogP contribution in [0.2, 0.25) is 5.82 Å². The number of hydrogen-bond acceptors (Lipinski definition) is 5. The molecule has 0 heterocycles. The molecule has 1 aliphatic carbocycles. The van der Waals surface area contributed by atoms with E-state index in [1.54, 1.807) is 0 Å². The lowest BCUT2D eigenvalue weighted by molar-refractivity contribution is 0.219. The number of aliphatic hydroxyl groups excluding tert-OH is 4. The SMILES string of the molecule is BC1C(O)=C(O)C(O)=C(O)C1N. The summed E-state index contributed by atoms with van der Waals surface area (Å²) in [6, 6.07) is -0.874. The van der Waals surface area contributed by atoms with Gasteiger partial charge in [-0.1, -0.05) is 0 Å². The molecule has 0 aromatic rings. The van der Waals surface area contributed by atoms with Crippen LogP contribution in [0.15, 0.2) is 23.0 Å². The minimum atomic E-state index is -0.874. The van der Waals surface area contributed by atoms with Gasteiger partial charge in [-0.15, -0.1) is 0 Å². The van der Waals surface area contributed by atoms with Gasteiger partial charge in [-0.3, -0.25) is 0 Å². The van der Waals surface area contributed by atoms with Crippen molar-refractivity contribution in [3.63, 3.8) is 0 Å². The van der Waals surface area contributed by atoms with Crippen LogP contribution in [0.25, 0.3) is 0 Å². The average molecular weight is 171 g/mol. The van der Waals surface area contributed by atoms with Crippen LogP contribution in [0.1, 0.15) is 0 Å². The van der Waals surface area contributed by atoms with Crippen LogP contribution in [0, 0.1) is 0 Å². The molecule has 66 valence electrons. The third kappa shape index (κ3) is 1.00. The van der Waals surface area contributed by atoms with E-state index in [2.05, 4.69) is 0 Å². The number of aliphatic hydroxyl groups is 4. The van der Waals surface area contributed by atoms with Gasteiger partial charge in [0.1, 0.15) is 13.6 Å². The Morgan fingerprint density at radius 2 is 1.42 bits per heavy atom. The molecule has 0 fully saturated rings. The smallest absolute Gasteiger partial charge is 0.201 e. The number of nitrogens with two attached hydrogens (primary N) is 1. The Hall–Kier alpha value is -1.30. The summed E-state index contributed by atoms with van der Waals surface area (Å²) in [6.45, 7) is 0. The number of rotatable bonds is 0. The van der Waals surface area contributed by atoms with E-state index in [4.69, 9.17) is 26.2 Å². The molecule has 0 saturated heterocycles. The Morgan fingerprint density at radius 3 is 1.92 bits per heavy atom. The number of hydrogen-bond donors (Lipinski definition) is 5. The van der Waals surface area contributed by atoms with E-state index in [1.807, 2.05) is 0 Å². The highest BCUT2D eigenvalue weighted by atomic mass is 16.4. The quantitative estimate of drug-likeness (QED) is 0.313. The van der Waals surface area contributed by atoms with Crippen molar-refractivity contribution in [1.82, 2.24) is 0 Å². The Bertz CT molecular complexity index is 245. The zero-order valence-electron chi connectivity index (χ0n) is 6.52. The Kier molecular flexibility index (Phi) is 1.93. The van der Waals surface area contributed by atoms with Crippen LogP contribution in [-0.2, 0) is 0 Å². The van der Waals surface area contributed by atoms with Gasteiger partial charge < -0.3 is 26.2 Å². The second-order valence-corrected chi connectivity index (χ2v) is 2.78. The van der Waals surface area contributed by atoms with Gasteiger partial charge in [0, 0.05) is 5.82 Å². The van der Waals surface area contributed by atoms with E-state index in [9.17, 15) is 0 Å². The normalized spacial score (nSPS) is 31.1. The summed E-state index contributed by atoms with van der Waals surface area (Å²) in [5.74, 6) is -2.96. The molecule has 0 saturated carbocycles. The lowest BCUT2D eigenvalue weighted by Crippen LogP contribution is -2.34. The summed E-state index contributed by atoms with van der Waals surface area (Å²) < 4.78 is 0. The van der Waals surface area contributed by atoms with Gasteiger partial charge in [0.15, 0.2) is 11.5 Å². The molecule has 1 aliphatic rings. The molecular formula is C6H10BNO4. The maximum atomic E-state index is 9.15. The van der Waals surface area contributed by atoms with Gasteiger partial charge in [0.25, 0.3) is 0 Å². The third-order valence-electron chi connectivity index (χ3n) is 2.00. The van der Waals surface area contributed by atoms with E-state index in [0.29, 0.717) is 0 Å². The molecule has 0 bridgehead atoms. The van der Waals surface area contributed by atoms with Crippen molar-refractivity contribution in [3.8, 4) is 0 Å². The van der Waals surface area contributed by atoms with E-state index in [0.717, 1.165) is 0 Å². The first-order valence-electron chi connectivity index (χ1n) is 3.47. The summed E-state index contributed by atoms with van der Waals surface area (Å²) in [6.07, 6.45) is 0. The van der Waals surface area contributed by atoms with Crippen molar-refractivity contribution in [2.45, 2.75) is 11.9 Å². The van der Waals surface area contributed by atoms with Crippen LogP contribution < -0.4 is 5.73 Å². The molecule has 0 aliphatic heterocycles. The van der Waals surface area contributed by atoms with Crippen LogP contribution in [0.4, 0.5) is 0 Å². The lowest BCUT2D eigenvalue weighted by atomic mass is 9.75. The van der Waals surface area contributed by atoms with Gasteiger partial charge in [0.05, 0.1) is 6.04 Å². The molecule has 1 rings (SSSR count). The van der Waals surface area contributed by atoms with Gasteiger partial charge in [-0.25, -0.2) is 0 Å². The van der Waals surface area contributed by atoms with Crippen molar-refractivity contribution < 1.29 is 20.4 Å². The van der Waals surface area contributed by atoms with Crippen LogP contribution in [0.3, 0.4) is 0 Å². The standard InChI is InChI=1S/C6H10BNO4/c7-1-2(8)4(10)6(12)5(11)3(1)9/h1-2,9-12H,7-8H2. The highest BCUT2D eigenvalue weighted by Gasteiger charge is 2.32. The zero-order chi connectivity index (χ0) is 9.46. The molecule has 12 heavy (non-hydrogen) atoms. The minimum absolute atomic E-state index is 0.405. The Labute approximate surface area is 69.8 Å². The molecular weight excluding hydrogens is 161 g/mol. The van der Waals surface area contributed by atoms with Crippen molar-refractivity contribution >= 4 is 7.85 Å². The van der Waals surface area contributed by atoms with Gasteiger partial charge in [0.2, 0.25) is 5.76 Å². The van der Waals surface area contributed by atoms with E-state index in [1.165, 1.54) is 7.85 Å². The molecule has 6 heteroatoms. The summed E-state index contributed by atoms with van der Waals surface area (Å²) in [4.78, 5) is 0. The summed E-state index contributed by atoms with van der Waals surface area (Å²) in [5, 5.41) is 36.3. The molecule has 2 atom stereocenters. The maximum absolute atomic E-state index is 9.15. The van der Waals surface area contributed by atoms with Gasteiger partial charge >= 0.3 is 0 Å². The van der Waals surface area contributed by atoms with E-state index >= 15 is 0 Å². The first-order valence-corrected chi connectivity index (χ1v) is 3.47. The minimum Gasteiger partial charge on any atom is -0.509 e. The maximum Gasteiger partial charge on any atom is 0.201 e. The zero-order valence-corrected chi connectivity index (χ0v) is 6.52. The summed E-state index contributed by atoms with van der Waals surface area (Å²) in [7, 11) is 1.53.